The first kappa shape index (κ1) is 14.5. The number of fused-ring (bicyclic) bond motifs is 1. The van der Waals surface area contributed by atoms with Gasteiger partial charge < -0.3 is 5.32 Å². The molecule has 1 aromatic carbocycles. The number of carbonyl (C=O) groups is 1. The highest BCUT2D eigenvalue weighted by Gasteiger charge is 2.39. The highest BCUT2D eigenvalue weighted by atomic mass is 32.2. The van der Waals surface area contributed by atoms with Crippen molar-refractivity contribution < 1.29 is 17.6 Å². The number of hydrogen-bond acceptors (Lipinski definition) is 3. The number of rotatable bonds is 2. The topological polar surface area (TPSA) is 66.5 Å². The van der Waals surface area contributed by atoms with Crippen LogP contribution < -0.4 is 5.32 Å². The van der Waals surface area contributed by atoms with E-state index in [9.17, 15) is 17.6 Å². The van der Waals surface area contributed by atoms with Crippen LogP contribution in [0.1, 0.15) is 24.3 Å². The summed E-state index contributed by atoms with van der Waals surface area (Å²) in [5.41, 5.74) is 1.36. The van der Waals surface area contributed by atoms with Gasteiger partial charge in [0.2, 0.25) is 15.9 Å². The third-order valence-corrected chi connectivity index (χ3v) is 5.63. The van der Waals surface area contributed by atoms with Crippen LogP contribution >= 0.6 is 0 Å². The van der Waals surface area contributed by atoms with Crippen LogP contribution in [0.15, 0.2) is 18.2 Å². The van der Waals surface area contributed by atoms with Crippen molar-refractivity contribution in [2.45, 2.75) is 18.8 Å². The Kier molecular flexibility index (Phi) is 3.49. The molecule has 0 saturated carbocycles. The van der Waals surface area contributed by atoms with E-state index in [1.807, 2.05) is 0 Å². The highest BCUT2D eigenvalue weighted by Crippen LogP contribution is 2.41. The number of halogens is 1. The standard InChI is InChI=1S/C14H17FN2O3S/c1-21(19,20)17-6-4-9(5-7-17)13-11-3-2-10(15)8-12(11)16-14(13)18/h2-3,8-9,13H,4-7H2,1H3,(H,16,18). The minimum atomic E-state index is -3.17. The third kappa shape index (κ3) is 2.67. The van der Waals surface area contributed by atoms with Gasteiger partial charge in [0.1, 0.15) is 5.82 Å². The molecule has 1 fully saturated rings. The predicted molar refractivity (Wildman–Crippen MR) is 76.9 cm³/mol. The van der Waals surface area contributed by atoms with E-state index in [1.165, 1.54) is 22.7 Å². The largest absolute Gasteiger partial charge is 0.325 e. The van der Waals surface area contributed by atoms with E-state index < -0.39 is 10.0 Å². The van der Waals surface area contributed by atoms with Gasteiger partial charge in [0.05, 0.1) is 12.2 Å². The third-order valence-electron chi connectivity index (χ3n) is 4.33. The zero-order valence-corrected chi connectivity index (χ0v) is 12.5. The van der Waals surface area contributed by atoms with Crippen LogP contribution in [0, 0.1) is 11.7 Å². The van der Waals surface area contributed by atoms with E-state index in [4.69, 9.17) is 0 Å². The fourth-order valence-electron chi connectivity index (χ4n) is 3.27. The lowest BCUT2D eigenvalue weighted by atomic mass is 9.81. The van der Waals surface area contributed by atoms with Crippen LogP contribution in [0.2, 0.25) is 0 Å². The smallest absolute Gasteiger partial charge is 0.232 e. The van der Waals surface area contributed by atoms with Gasteiger partial charge in [-0.25, -0.2) is 17.1 Å². The maximum Gasteiger partial charge on any atom is 0.232 e. The fraction of sp³-hybridized carbons (Fsp3) is 0.500. The summed E-state index contributed by atoms with van der Waals surface area (Å²) < 4.78 is 37.7. The Bertz CT molecular complexity index is 681. The number of nitrogens with one attached hydrogen (secondary N) is 1. The second kappa shape index (κ2) is 5.06. The molecule has 3 rings (SSSR count). The molecule has 1 unspecified atom stereocenters. The van der Waals surface area contributed by atoms with E-state index in [1.54, 1.807) is 6.07 Å². The monoisotopic (exact) mass is 312 g/mol. The molecule has 2 heterocycles. The number of carbonyl (C=O) groups excluding carboxylic acids is 1. The van der Waals surface area contributed by atoms with Gasteiger partial charge >= 0.3 is 0 Å². The van der Waals surface area contributed by atoms with Crippen molar-refractivity contribution >= 4 is 21.6 Å². The molecule has 2 aliphatic heterocycles. The maximum atomic E-state index is 13.2. The number of nitrogens with zero attached hydrogens (tertiary/aromatic N) is 1. The average Bonchev–Trinajstić information content (AvgIpc) is 2.73. The first-order valence-electron chi connectivity index (χ1n) is 6.91. The highest BCUT2D eigenvalue weighted by molar-refractivity contribution is 7.88. The summed E-state index contributed by atoms with van der Waals surface area (Å²) in [6, 6.07) is 4.34. The quantitative estimate of drug-likeness (QED) is 0.900. The van der Waals surface area contributed by atoms with Gasteiger partial charge in [-0.05, 0) is 36.5 Å². The van der Waals surface area contributed by atoms with E-state index in [0.29, 0.717) is 31.6 Å². The lowest BCUT2D eigenvalue weighted by Crippen LogP contribution is -2.40. The molecule has 1 aromatic rings. The van der Waals surface area contributed by atoms with Crippen molar-refractivity contribution in [1.29, 1.82) is 0 Å². The van der Waals surface area contributed by atoms with E-state index in [-0.39, 0.29) is 23.6 Å². The molecule has 2 aliphatic rings. The van der Waals surface area contributed by atoms with Crippen molar-refractivity contribution in [1.82, 2.24) is 4.31 Å². The number of sulfonamides is 1. The summed E-state index contributed by atoms with van der Waals surface area (Å²) in [5.74, 6) is -0.702. The molecule has 0 bridgehead atoms. The van der Waals surface area contributed by atoms with Crippen LogP contribution in [-0.4, -0.2) is 38.0 Å². The van der Waals surface area contributed by atoms with Crippen LogP contribution in [0.3, 0.4) is 0 Å². The minimum Gasteiger partial charge on any atom is -0.325 e. The van der Waals surface area contributed by atoms with Crippen LogP contribution in [0.4, 0.5) is 10.1 Å². The summed E-state index contributed by atoms with van der Waals surface area (Å²) in [5, 5.41) is 2.72. The molecule has 5 nitrogen and oxygen atoms in total. The van der Waals surface area contributed by atoms with Crippen molar-refractivity contribution in [2.24, 2.45) is 5.92 Å². The maximum absolute atomic E-state index is 13.2. The Balaban J connectivity index is 1.79. The van der Waals surface area contributed by atoms with Crippen molar-refractivity contribution in [3.8, 4) is 0 Å². The lowest BCUT2D eigenvalue weighted by Gasteiger charge is -2.32. The van der Waals surface area contributed by atoms with E-state index in [2.05, 4.69) is 5.32 Å². The van der Waals surface area contributed by atoms with Gasteiger partial charge in [-0.1, -0.05) is 6.07 Å². The summed E-state index contributed by atoms with van der Waals surface area (Å²) in [4.78, 5) is 12.2. The number of amides is 1. The molecule has 1 atom stereocenters. The predicted octanol–water partition coefficient (Wildman–Crippen LogP) is 1.53. The number of benzene rings is 1. The molecule has 1 saturated heterocycles. The summed E-state index contributed by atoms with van der Waals surface area (Å²) in [6.07, 6.45) is 2.48. The average molecular weight is 312 g/mol. The van der Waals surface area contributed by atoms with Gasteiger partial charge in [0.15, 0.2) is 0 Å². The van der Waals surface area contributed by atoms with Crippen molar-refractivity contribution in [2.75, 3.05) is 24.7 Å². The number of anilines is 1. The van der Waals surface area contributed by atoms with Gasteiger partial charge in [0, 0.05) is 18.8 Å². The minimum absolute atomic E-state index is 0.0923. The zero-order chi connectivity index (χ0) is 15.2. The van der Waals surface area contributed by atoms with Crippen molar-refractivity contribution in [3.05, 3.63) is 29.6 Å². The molecule has 0 radical (unpaired) electrons. The number of hydrogen-bond donors (Lipinski definition) is 1. The van der Waals surface area contributed by atoms with Crippen molar-refractivity contribution in [3.63, 3.8) is 0 Å². The van der Waals surface area contributed by atoms with Crippen LogP contribution in [-0.2, 0) is 14.8 Å². The Morgan fingerprint density at radius 3 is 2.57 bits per heavy atom. The normalized spacial score (nSPS) is 23.9. The van der Waals surface area contributed by atoms with Gasteiger partial charge in [-0.2, -0.15) is 0 Å². The zero-order valence-electron chi connectivity index (χ0n) is 11.7. The van der Waals surface area contributed by atoms with Crippen LogP contribution in [0.25, 0.3) is 0 Å². The summed E-state index contributed by atoms with van der Waals surface area (Å²) in [7, 11) is -3.17. The first-order valence-corrected chi connectivity index (χ1v) is 8.76. The molecule has 21 heavy (non-hydrogen) atoms. The summed E-state index contributed by atoms with van der Waals surface area (Å²) >= 11 is 0. The molecular formula is C14H17FN2O3S. The number of piperidine rings is 1. The van der Waals surface area contributed by atoms with Gasteiger partial charge in [0.25, 0.3) is 0 Å². The molecular weight excluding hydrogens is 295 g/mol. The van der Waals surface area contributed by atoms with Gasteiger partial charge in [-0.3, -0.25) is 4.79 Å². The Labute approximate surface area is 123 Å². The SMILES string of the molecule is CS(=O)(=O)N1CCC(C2C(=O)Nc3cc(F)ccc32)CC1. The van der Waals surface area contributed by atoms with Gasteiger partial charge in [-0.15, -0.1) is 0 Å². The molecule has 0 spiro atoms. The molecule has 7 heteroatoms. The molecule has 0 aliphatic carbocycles. The fourth-order valence-corrected chi connectivity index (χ4v) is 4.14. The molecule has 1 N–H and O–H groups in total. The second-order valence-electron chi connectivity index (χ2n) is 5.70. The van der Waals surface area contributed by atoms with E-state index >= 15 is 0 Å². The first-order chi connectivity index (χ1) is 9.86. The Morgan fingerprint density at radius 2 is 1.95 bits per heavy atom. The lowest BCUT2D eigenvalue weighted by molar-refractivity contribution is -0.118. The molecule has 114 valence electrons. The van der Waals surface area contributed by atoms with E-state index in [0.717, 1.165) is 5.56 Å². The molecule has 1 amide bonds. The second-order valence-corrected chi connectivity index (χ2v) is 7.68. The Morgan fingerprint density at radius 1 is 1.29 bits per heavy atom. The molecule has 0 aromatic heterocycles. The Hall–Kier alpha value is -1.47. The summed E-state index contributed by atoms with van der Waals surface area (Å²) in [6.45, 7) is 0.869. The van der Waals surface area contributed by atoms with Crippen LogP contribution in [0.5, 0.6) is 0 Å².